The van der Waals surface area contributed by atoms with Crippen LogP contribution >= 0.6 is 15.9 Å². The minimum atomic E-state index is -0.170. The fourth-order valence-electron chi connectivity index (χ4n) is 1.78. The Morgan fingerprint density at radius 3 is 2.79 bits per heavy atom. The first-order chi connectivity index (χ1) is 6.65. The van der Waals surface area contributed by atoms with Crippen LogP contribution in [0.3, 0.4) is 0 Å². The monoisotopic (exact) mass is 255 g/mol. The second kappa shape index (κ2) is 3.39. The highest BCUT2D eigenvalue weighted by Gasteiger charge is 2.12. The summed E-state index contributed by atoms with van der Waals surface area (Å²) in [7, 11) is 0. The van der Waals surface area contributed by atoms with Crippen molar-refractivity contribution >= 4 is 26.8 Å². The molecule has 0 spiro atoms. The van der Waals surface area contributed by atoms with E-state index in [0.29, 0.717) is 9.86 Å². The summed E-state index contributed by atoms with van der Waals surface area (Å²) < 4.78 is 14.3. The van der Waals surface area contributed by atoms with Crippen LogP contribution in [0.1, 0.15) is 18.2 Å². The quantitative estimate of drug-likeness (QED) is 0.795. The molecular formula is C11H11BrFN. The normalized spacial score (nSPS) is 11.1. The first kappa shape index (κ1) is 9.71. The van der Waals surface area contributed by atoms with Crippen molar-refractivity contribution in [2.75, 3.05) is 0 Å². The molecule has 0 saturated carbocycles. The Kier molecular flexibility index (Phi) is 2.35. The zero-order chi connectivity index (χ0) is 10.3. The summed E-state index contributed by atoms with van der Waals surface area (Å²) in [5.74, 6) is -0.170. The molecule has 0 amide bonds. The van der Waals surface area contributed by atoms with E-state index in [2.05, 4.69) is 27.8 Å². The average molecular weight is 256 g/mol. The summed E-state index contributed by atoms with van der Waals surface area (Å²) in [5, 5.41) is 0.705. The first-order valence-electron chi connectivity index (χ1n) is 4.60. The maximum Gasteiger partial charge on any atom is 0.147 e. The topological polar surface area (TPSA) is 15.8 Å². The van der Waals surface area contributed by atoms with E-state index in [-0.39, 0.29) is 5.82 Å². The van der Waals surface area contributed by atoms with Crippen molar-refractivity contribution < 1.29 is 4.39 Å². The second-order valence-corrected chi connectivity index (χ2v) is 4.22. The van der Waals surface area contributed by atoms with Gasteiger partial charge >= 0.3 is 0 Å². The van der Waals surface area contributed by atoms with Crippen LogP contribution in [-0.2, 0) is 6.42 Å². The molecule has 1 aromatic carbocycles. The predicted molar refractivity (Wildman–Crippen MR) is 60.1 cm³/mol. The summed E-state index contributed by atoms with van der Waals surface area (Å²) in [4.78, 5) is 3.22. The standard InChI is InChI=1S/C11H11BrFN/c1-3-8-6(2)10-9(14-8)5-4-7(12)11(10)13/h4-5,14H,3H2,1-2H3. The molecule has 0 aliphatic rings. The average Bonchev–Trinajstić information content (AvgIpc) is 2.50. The molecule has 0 aliphatic carbocycles. The van der Waals surface area contributed by atoms with Gasteiger partial charge in [-0.05, 0) is 47.0 Å². The van der Waals surface area contributed by atoms with Gasteiger partial charge in [0.05, 0.1) is 4.47 Å². The number of fused-ring (bicyclic) bond motifs is 1. The van der Waals surface area contributed by atoms with Crippen molar-refractivity contribution in [1.29, 1.82) is 0 Å². The van der Waals surface area contributed by atoms with Gasteiger partial charge in [0, 0.05) is 16.6 Å². The number of halogens is 2. The highest BCUT2D eigenvalue weighted by Crippen LogP contribution is 2.29. The lowest BCUT2D eigenvalue weighted by atomic mass is 10.1. The van der Waals surface area contributed by atoms with E-state index in [4.69, 9.17) is 0 Å². The van der Waals surface area contributed by atoms with Crippen molar-refractivity contribution in [3.8, 4) is 0 Å². The minimum absolute atomic E-state index is 0.170. The van der Waals surface area contributed by atoms with Gasteiger partial charge < -0.3 is 4.98 Å². The van der Waals surface area contributed by atoms with E-state index < -0.39 is 0 Å². The largest absolute Gasteiger partial charge is 0.358 e. The van der Waals surface area contributed by atoms with E-state index in [9.17, 15) is 4.39 Å². The first-order valence-corrected chi connectivity index (χ1v) is 5.39. The molecule has 14 heavy (non-hydrogen) atoms. The molecule has 3 heteroatoms. The number of rotatable bonds is 1. The predicted octanol–water partition coefficient (Wildman–Crippen LogP) is 3.94. The Morgan fingerprint density at radius 1 is 1.43 bits per heavy atom. The van der Waals surface area contributed by atoms with Crippen LogP contribution in [0.15, 0.2) is 16.6 Å². The van der Waals surface area contributed by atoms with Crippen LogP contribution in [0.2, 0.25) is 0 Å². The third-order valence-corrected chi connectivity index (χ3v) is 3.17. The van der Waals surface area contributed by atoms with Crippen LogP contribution in [-0.4, -0.2) is 4.98 Å². The molecule has 0 radical (unpaired) electrons. The molecule has 1 heterocycles. The van der Waals surface area contributed by atoms with E-state index >= 15 is 0 Å². The van der Waals surface area contributed by atoms with Gasteiger partial charge in [0.1, 0.15) is 5.82 Å². The van der Waals surface area contributed by atoms with Crippen molar-refractivity contribution in [3.63, 3.8) is 0 Å². The second-order valence-electron chi connectivity index (χ2n) is 3.37. The van der Waals surface area contributed by atoms with Crippen molar-refractivity contribution in [3.05, 3.63) is 33.7 Å². The van der Waals surface area contributed by atoms with Gasteiger partial charge in [0.2, 0.25) is 0 Å². The molecular weight excluding hydrogens is 245 g/mol. The number of aromatic nitrogens is 1. The van der Waals surface area contributed by atoms with E-state index in [0.717, 1.165) is 23.2 Å². The maximum absolute atomic E-state index is 13.7. The zero-order valence-electron chi connectivity index (χ0n) is 8.12. The van der Waals surface area contributed by atoms with Gasteiger partial charge in [-0.15, -0.1) is 0 Å². The molecule has 0 unspecified atom stereocenters. The molecule has 1 aromatic heterocycles. The lowest BCUT2D eigenvalue weighted by Gasteiger charge is -1.97. The molecule has 0 saturated heterocycles. The number of aryl methyl sites for hydroxylation is 2. The number of aromatic amines is 1. The van der Waals surface area contributed by atoms with Crippen molar-refractivity contribution in [2.45, 2.75) is 20.3 Å². The number of hydrogen-bond acceptors (Lipinski definition) is 0. The maximum atomic E-state index is 13.7. The Hall–Kier alpha value is -0.830. The summed E-state index contributed by atoms with van der Waals surface area (Å²) in [5.41, 5.74) is 3.00. The van der Waals surface area contributed by atoms with Gasteiger partial charge in [-0.25, -0.2) is 4.39 Å². The number of H-pyrrole nitrogens is 1. The third kappa shape index (κ3) is 1.27. The molecule has 74 valence electrons. The highest BCUT2D eigenvalue weighted by atomic mass is 79.9. The van der Waals surface area contributed by atoms with Crippen LogP contribution in [0.25, 0.3) is 10.9 Å². The van der Waals surface area contributed by atoms with Crippen molar-refractivity contribution in [2.24, 2.45) is 0 Å². The molecule has 1 nitrogen and oxygen atoms in total. The van der Waals surface area contributed by atoms with Gasteiger partial charge in [0.25, 0.3) is 0 Å². The molecule has 0 atom stereocenters. The fourth-order valence-corrected chi connectivity index (χ4v) is 2.11. The zero-order valence-corrected chi connectivity index (χ0v) is 9.70. The minimum Gasteiger partial charge on any atom is -0.358 e. The van der Waals surface area contributed by atoms with Gasteiger partial charge in [0.15, 0.2) is 0 Å². The SMILES string of the molecule is CCc1[nH]c2ccc(Br)c(F)c2c1C. The van der Waals surface area contributed by atoms with E-state index in [1.54, 1.807) is 6.07 Å². The number of benzene rings is 1. The number of hydrogen-bond donors (Lipinski definition) is 1. The van der Waals surface area contributed by atoms with Crippen LogP contribution in [0, 0.1) is 12.7 Å². The van der Waals surface area contributed by atoms with Crippen LogP contribution in [0.5, 0.6) is 0 Å². The van der Waals surface area contributed by atoms with Gasteiger partial charge in [-0.1, -0.05) is 6.92 Å². The molecule has 1 N–H and O–H groups in total. The van der Waals surface area contributed by atoms with Gasteiger partial charge in [-0.3, -0.25) is 0 Å². The van der Waals surface area contributed by atoms with E-state index in [1.807, 2.05) is 13.0 Å². The number of nitrogens with one attached hydrogen (secondary N) is 1. The fraction of sp³-hybridized carbons (Fsp3) is 0.273. The third-order valence-electron chi connectivity index (χ3n) is 2.56. The Bertz CT molecular complexity index is 487. The molecule has 2 aromatic rings. The molecule has 0 aliphatic heterocycles. The summed E-state index contributed by atoms with van der Waals surface area (Å²) >= 11 is 3.19. The lowest BCUT2D eigenvalue weighted by Crippen LogP contribution is -1.82. The summed E-state index contributed by atoms with van der Waals surface area (Å²) in [6.45, 7) is 4.01. The highest BCUT2D eigenvalue weighted by molar-refractivity contribution is 9.10. The Morgan fingerprint density at radius 2 is 2.14 bits per heavy atom. The van der Waals surface area contributed by atoms with Gasteiger partial charge in [-0.2, -0.15) is 0 Å². The molecule has 2 rings (SSSR count). The van der Waals surface area contributed by atoms with E-state index in [1.165, 1.54) is 0 Å². The molecule has 0 bridgehead atoms. The van der Waals surface area contributed by atoms with Crippen molar-refractivity contribution in [1.82, 2.24) is 4.98 Å². The smallest absolute Gasteiger partial charge is 0.147 e. The molecule has 0 fully saturated rings. The summed E-state index contributed by atoms with van der Waals surface area (Å²) in [6, 6.07) is 3.63. The van der Waals surface area contributed by atoms with Crippen LogP contribution < -0.4 is 0 Å². The lowest BCUT2D eigenvalue weighted by molar-refractivity contribution is 0.633. The summed E-state index contributed by atoms with van der Waals surface area (Å²) in [6.07, 6.45) is 0.900. The van der Waals surface area contributed by atoms with Crippen LogP contribution in [0.4, 0.5) is 4.39 Å². The Labute approximate surface area is 90.5 Å². The Balaban J connectivity index is 2.87.